The molecule has 5 heteroatoms. The summed E-state index contributed by atoms with van der Waals surface area (Å²) >= 11 is 3.33. The molecule has 1 atom stereocenters. The van der Waals surface area contributed by atoms with Crippen molar-refractivity contribution in [2.45, 2.75) is 18.9 Å². The van der Waals surface area contributed by atoms with Crippen molar-refractivity contribution < 1.29 is 9.13 Å². The van der Waals surface area contributed by atoms with Crippen LogP contribution >= 0.6 is 15.9 Å². The van der Waals surface area contributed by atoms with Gasteiger partial charge in [-0.2, -0.15) is 0 Å². The molecule has 0 spiro atoms. The van der Waals surface area contributed by atoms with Crippen molar-refractivity contribution in [2.24, 2.45) is 5.84 Å². The summed E-state index contributed by atoms with van der Waals surface area (Å²) in [5.41, 5.74) is 3.76. The number of hydrazine groups is 1. The number of benzene rings is 1. The van der Waals surface area contributed by atoms with Crippen molar-refractivity contribution in [1.82, 2.24) is 5.43 Å². The van der Waals surface area contributed by atoms with E-state index in [0.717, 1.165) is 22.9 Å². The summed E-state index contributed by atoms with van der Waals surface area (Å²) in [6.07, 6.45) is 1.55. The maximum absolute atomic E-state index is 12.9. The summed E-state index contributed by atoms with van der Waals surface area (Å²) in [6, 6.07) is 4.79. The highest BCUT2D eigenvalue weighted by Crippen LogP contribution is 2.20. The first-order valence-electron chi connectivity index (χ1n) is 5.06. The highest BCUT2D eigenvalue weighted by molar-refractivity contribution is 9.10. The molecule has 0 fully saturated rings. The fourth-order valence-corrected chi connectivity index (χ4v) is 1.97. The van der Waals surface area contributed by atoms with Gasteiger partial charge < -0.3 is 4.74 Å². The number of nitrogens with one attached hydrogen (secondary N) is 1. The van der Waals surface area contributed by atoms with Gasteiger partial charge in [0.15, 0.2) is 0 Å². The summed E-state index contributed by atoms with van der Waals surface area (Å²) in [4.78, 5) is 0. The van der Waals surface area contributed by atoms with Crippen LogP contribution in [-0.2, 0) is 11.2 Å². The Morgan fingerprint density at radius 2 is 2.31 bits per heavy atom. The Balaban J connectivity index is 2.62. The Morgan fingerprint density at radius 3 is 2.88 bits per heavy atom. The van der Waals surface area contributed by atoms with Crippen LogP contribution in [0.25, 0.3) is 0 Å². The predicted molar refractivity (Wildman–Crippen MR) is 65.4 cm³/mol. The minimum atomic E-state index is -0.246. The monoisotopic (exact) mass is 290 g/mol. The maximum Gasteiger partial charge on any atom is 0.124 e. The molecule has 1 unspecified atom stereocenters. The van der Waals surface area contributed by atoms with Gasteiger partial charge in [0.05, 0.1) is 0 Å². The van der Waals surface area contributed by atoms with Gasteiger partial charge in [-0.15, -0.1) is 0 Å². The van der Waals surface area contributed by atoms with Crippen LogP contribution in [0.15, 0.2) is 22.7 Å². The molecule has 90 valence electrons. The van der Waals surface area contributed by atoms with E-state index in [-0.39, 0.29) is 11.9 Å². The maximum atomic E-state index is 12.9. The summed E-state index contributed by atoms with van der Waals surface area (Å²) in [5.74, 6) is 5.20. The van der Waals surface area contributed by atoms with Crippen LogP contribution < -0.4 is 11.3 Å². The van der Waals surface area contributed by atoms with E-state index in [0.29, 0.717) is 6.61 Å². The third-order valence-electron chi connectivity index (χ3n) is 2.39. The zero-order valence-electron chi connectivity index (χ0n) is 9.17. The van der Waals surface area contributed by atoms with Gasteiger partial charge in [-0.3, -0.25) is 11.3 Å². The van der Waals surface area contributed by atoms with E-state index in [9.17, 15) is 4.39 Å². The Morgan fingerprint density at radius 1 is 1.56 bits per heavy atom. The summed E-state index contributed by atoms with van der Waals surface area (Å²) < 4.78 is 18.6. The molecule has 0 aliphatic rings. The first-order valence-corrected chi connectivity index (χ1v) is 5.85. The second kappa shape index (κ2) is 6.96. The Bertz CT molecular complexity index is 336. The normalized spacial score (nSPS) is 12.8. The fraction of sp³-hybridized carbons (Fsp3) is 0.455. The van der Waals surface area contributed by atoms with Crippen LogP contribution in [0.4, 0.5) is 4.39 Å². The van der Waals surface area contributed by atoms with Crippen LogP contribution in [0.2, 0.25) is 0 Å². The van der Waals surface area contributed by atoms with E-state index < -0.39 is 0 Å². The van der Waals surface area contributed by atoms with Crippen molar-refractivity contribution in [3.8, 4) is 0 Å². The highest BCUT2D eigenvalue weighted by Gasteiger charge is 2.10. The lowest BCUT2D eigenvalue weighted by Gasteiger charge is -2.16. The molecule has 1 aromatic carbocycles. The summed E-state index contributed by atoms with van der Waals surface area (Å²) in [5, 5.41) is 0. The first kappa shape index (κ1) is 13.6. The number of methoxy groups -OCH3 is 1. The van der Waals surface area contributed by atoms with E-state index in [1.807, 2.05) is 0 Å². The molecule has 0 saturated heterocycles. The van der Waals surface area contributed by atoms with E-state index >= 15 is 0 Å². The number of ether oxygens (including phenoxy) is 1. The van der Waals surface area contributed by atoms with Crippen LogP contribution in [-0.4, -0.2) is 19.8 Å². The zero-order chi connectivity index (χ0) is 12.0. The standard InChI is InChI=1S/C11H16BrFN2O/c1-16-5-4-10(15-14)6-8-2-3-9(13)7-11(8)12/h2-3,7,10,15H,4-6,14H2,1H3. The van der Waals surface area contributed by atoms with Gasteiger partial charge in [-0.05, 0) is 30.5 Å². The average Bonchev–Trinajstić information content (AvgIpc) is 2.27. The second-order valence-electron chi connectivity index (χ2n) is 3.58. The lowest BCUT2D eigenvalue weighted by Crippen LogP contribution is -2.37. The van der Waals surface area contributed by atoms with E-state index in [4.69, 9.17) is 10.6 Å². The first-order chi connectivity index (χ1) is 7.67. The number of nitrogens with two attached hydrogens (primary N) is 1. The molecule has 0 aliphatic carbocycles. The summed E-state index contributed by atoms with van der Waals surface area (Å²) in [6.45, 7) is 0.647. The third-order valence-corrected chi connectivity index (χ3v) is 3.13. The number of rotatable bonds is 6. The largest absolute Gasteiger partial charge is 0.385 e. The molecule has 3 N–H and O–H groups in total. The average molecular weight is 291 g/mol. The van der Waals surface area contributed by atoms with Crippen LogP contribution in [0.5, 0.6) is 0 Å². The topological polar surface area (TPSA) is 47.3 Å². The van der Waals surface area contributed by atoms with Gasteiger partial charge in [0.2, 0.25) is 0 Å². The SMILES string of the molecule is COCCC(Cc1ccc(F)cc1Br)NN. The van der Waals surface area contributed by atoms with Gasteiger partial charge in [-0.1, -0.05) is 22.0 Å². The predicted octanol–water partition coefficient (Wildman–Crippen LogP) is 2.00. The molecule has 0 aromatic heterocycles. The number of halogens is 2. The molecule has 0 amide bonds. The van der Waals surface area contributed by atoms with Crippen LogP contribution in [0.1, 0.15) is 12.0 Å². The quantitative estimate of drug-likeness (QED) is 0.622. The lowest BCUT2D eigenvalue weighted by molar-refractivity contribution is 0.182. The van der Waals surface area contributed by atoms with Crippen molar-refractivity contribution in [3.63, 3.8) is 0 Å². The minimum absolute atomic E-state index is 0.127. The highest BCUT2D eigenvalue weighted by atomic mass is 79.9. The molecule has 3 nitrogen and oxygen atoms in total. The van der Waals surface area contributed by atoms with E-state index in [1.165, 1.54) is 12.1 Å². The second-order valence-corrected chi connectivity index (χ2v) is 4.44. The Hall–Kier alpha value is -0.490. The molecule has 16 heavy (non-hydrogen) atoms. The van der Waals surface area contributed by atoms with Gasteiger partial charge in [0, 0.05) is 24.2 Å². The third kappa shape index (κ3) is 4.17. The van der Waals surface area contributed by atoms with Crippen molar-refractivity contribution >= 4 is 15.9 Å². The smallest absolute Gasteiger partial charge is 0.124 e. The van der Waals surface area contributed by atoms with Gasteiger partial charge in [0.1, 0.15) is 5.82 Å². The molecule has 0 aliphatic heterocycles. The van der Waals surface area contributed by atoms with Gasteiger partial charge >= 0.3 is 0 Å². The molecule has 1 aromatic rings. The van der Waals surface area contributed by atoms with Gasteiger partial charge in [-0.25, -0.2) is 4.39 Å². The fourth-order valence-electron chi connectivity index (χ4n) is 1.46. The molecule has 1 rings (SSSR count). The van der Waals surface area contributed by atoms with Crippen molar-refractivity contribution in [3.05, 3.63) is 34.1 Å². The molecular formula is C11H16BrFN2O. The Kier molecular flexibility index (Phi) is 5.90. The molecule has 0 radical (unpaired) electrons. The summed E-state index contributed by atoms with van der Waals surface area (Å²) in [7, 11) is 1.65. The van der Waals surface area contributed by atoms with Crippen molar-refractivity contribution in [2.75, 3.05) is 13.7 Å². The molecule has 0 bridgehead atoms. The molecular weight excluding hydrogens is 275 g/mol. The van der Waals surface area contributed by atoms with Crippen LogP contribution in [0, 0.1) is 5.82 Å². The minimum Gasteiger partial charge on any atom is -0.385 e. The molecule has 0 saturated carbocycles. The zero-order valence-corrected chi connectivity index (χ0v) is 10.8. The Labute approximate surface area is 103 Å². The van der Waals surface area contributed by atoms with E-state index in [1.54, 1.807) is 13.2 Å². The van der Waals surface area contributed by atoms with E-state index in [2.05, 4.69) is 21.4 Å². The van der Waals surface area contributed by atoms with Crippen molar-refractivity contribution in [1.29, 1.82) is 0 Å². The van der Waals surface area contributed by atoms with Crippen LogP contribution in [0.3, 0.4) is 0 Å². The number of hydrogen-bond acceptors (Lipinski definition) is 3. The number of hydrogen-bond donors (Lipinski definition) is 2. The lowest BCUT2D eigenvalue weighted by atomic mass is 10.0. The van der Waals surface area contributed by atoms with Gasteiger partial charge in [0.25, 0.3) is 0 Å². The molecule has 0 heterocycles.